The molecule has 2 aromatic carbocycles. The van der Waals surface area contributed by atoms with Crippen molar-refractivity contribution < 1.29 is 14.3 Å². The number of nitrogens with zero attached hydrogens (tertiary/aromatic N) is 1. The van der Waals surface area contributed by atoms with Gasteiger partial charge in [-0.15, -0.1) is 0 Å². The van der Waals surface area contributed by atoms with Crippen LogP contribution in [0.3, 0.4) is 0 Å². The van der Waals surface area contributed by atoms with Crippen LogP contribution in [0.5, 0.6) is 17.2 Å². The molecule has 8 heteroatoms. The number of likely N-dealkylation sites (tertiary alicyclic amines) is 1. The fourth-order valence-corrected chi connectivity index (χ4v) is 3.79. The molecule has 32 heavy (non-hydrogen) atoms. The molecule has 0 saturated carbocycles. The smallest absolute Gasteiger partial charge is 0.254 e. The molecule has 172 valence electrons. The molecule has 0 aromatic heterocycles. The number of hydrogen-bond acceptors (Lipinski definition) is 6. The van der Waals surface area contributed by atoms with Crippen LogP contribution in [0.4, 0.5) is 0 Å². The van der Waals surface area contributed by atoms with E-state index in [1.807, 2.05) is 4.90 Å². The summed E-state index contributed by atoms with van der Waals surface area (Å²) < 4.78 is 11.8. The summed E-state index contributed by atoms with van der Waals surface area (Å²) in [6.45, 7) is 3.14. The van der Waals surface area contributed by atoms with Gasteiger partial charge in [0.1, 0.15) is 23.1 Å². The van der Waals surface area contributed by atoms with Crippen molar-refractivity contribution in [2.24, 2.45) is 23.1 Å². The van der Waals surface area contributed by atoms with E-state index in [0.717, 1.165) is 38.8 Å². The van der Waals surface area contributed by atoms with E-state index in [2.05, 4.69) is 0 Å². The Bertz CT molecular complexity index is 908. The van der Waals surface area contributed by atoms with Gasteiger partial charge in [0.2, 0.25) is 0 Å². The first-order valence-electron chi connectivity index (χ1n) is 11.1. The van der Waals surface area contributed by atoms with Crippen LogP contribution in [0, 0.1) is 11.3 Å². The van der Waals surface area contributed by atoms with Gasteiger partial charge in [0.15, 0.2) is 0 Å². The lowest BCUT2D eigenvalue weighted by molar-refractivity contribution is 0.0687. The third-order valence-corrected chi connectivity index (χ3v) is 5.62. The summed E-state index contributed by atoms with van der Waals surface area (Å²) in [6.07, 6.45) is 3.67. The summed E-state index contributed by atoms with van der Waals surface area (Å²) in [5.74, 6) is 2.21. The topological polar surface area (TPSA) is 141 Å². The second-order valence-electron chi connectivity index (χ2n) is 8.04. The number of ether oxygens (including phenoxy) is 2. The molecule has 8 nitrogen and oxygen atoms in total. The Morgan fingerprint density at radius 3 is 2.28 bits per heavy atom. The average Bonchev–Trinajstić information content (AvgIpc) is 2.80. The Balaban J connectivity index is 1.77. The van der Waals surface area contributed by atoms with Crippen molar-refractivity contribution >= 4 is 11.7 Å². The summed E-state index contributed by atoms with van der Waals surface area (Å²) >= 11 is 0. The lowest BCUT2D eigenvalue weighted by Gasteiger charge is -2.32. The summed E-state index contributed by atoms with van der Waals surface area (Å²) in [4.78, 5) is 15.1. The van der Waals surface area contributed by atoms with Crippen LogP contribution in [0.2, 0.25) is 0 Å². The largest absolute Gasteiger partial charge is 0.493 e. The summed E-state index contributed by atoms with van der Waals surface area (Å²) in [5.41, 5.74) is 17.9. The molecule has 2 aromatic rings. The minimum absolute atomic E-state index is 0.00466. The van der Waals surface area contributed by atoms with Crippen LogP contribution < -0.4 is 26.7 Å². The molecule has 0 aliphatic carbocycles. The van der Waals surface area contributed by atoms with E-state index in [1.165, 1.54) is 0 Å². The summed E-state index contributed by atoms with van der Waals surface area (Å²) in [5, 5.41) is 7.51. The van der Waals surface area contributed by atoms with Crippen molar-refractivity contribution in [3.05, 3.63) is 53.6 Å². The zero-order chi connectivity index (χ0) is 22.9. The normalized spacial score (nSPS) is 14.2. The predicted octanol–water partition coefficient (Wildman–Crippen LogP) is 2.69. The van der Waals surface area contributed by atoms with E-state index in [4.69, 9.17) is 32.1 Å². The van der Waals surface area contributed by atoms with Crippen molar-refractivity contribution in [2.45, 2.75) is 25.7 Å². The van der Waals surface area contributed by atoms with Gasteiger partial charge in [-0.1, -0.05) is 0 Å². The molecular weight excluding hydrogens is 406 g/mol. The second-order valence-corrected chi connectivity index (χ2v) is 8.04. The molecule has 0 spiro atoms. The van der Waals surface area contributed by atoms with Gasteiger partial charge in [0, 0.05) is 30.3 Å². The molecule has 0 radical (unpaired) electrons. The molecule has 1 heterocycles. The minimum Gasteiger partial charge on any atom is -0.493 e. The molecule has 1 fully saturated rings. The second kappa shape index (κ2) is 11.5. The van der Waals surface area contributed by atoms with Gasteiger partial charge in [-0.3, -0.25) is 10.2 Å². The van der Waals surface area contributed by atoms with Crippen LogP contribution in [0.25, 0.3) is 0 Å². The highest BCUT2D eigenvalue weighted by molar-refractivity contribution is 5.95. The lowest BCUT2D eigenvalue weighted by atomic mass is 9.93. The monoisotopic (exact) mass is 439 g/mol. The first-order valence-corrected chi connectivity index (χ1v) is 11.1. The van der Waals surface area contributed by atoms with Crippen molar-refractivity contribution in [2.75, 3.05) is 32.8 Å². The maximum atomic E-state index is 13.2. The van der Waals surface area contributed by atoms with Crippen LogP contribution in [-0.4, -0.2) is 49.4 Å². The van der Waals surface area contributed by atoms with Crippen LogP contribution in [0.15, 0.2) is 42.5 Å². The van der Waals surface area contributed by atoms with Crippen molar-refractivity contribution in [3.8, 4) is 17.2 Å². The van der Waals surface area contributed by atoms with Gasteiger partial charge >= 0.3 is 0 Å². The number of carbonyl (C=O) groups is 1. The summed E-state index contributed by atoms with van der Waals surface area (Å²) in [6, 6.07) is 12.2. The number of rotatable bonds is 10. The number of nitrogens with two attached hydrogens (primary N) is 3. The Morgan fingerprint density at radius 1 is 0.969 bits per heavy atom. The van der Waals surface area contributed by atoms with Gasteiger partial charge < -0.3 is 31.6 Å². The molecule has 7 N–H and O–H groups in total. The van der Waals surface area contributed by atoms with Crippen molar-refractivity contribution in [3.63, 3.8) is 0 Å². The zero-order valence-corrected chi connectivity index (χ0v) is 18.4. The van der Waals surface area contributed by atoms with E-state index >= 15 is 0 Å². The number of piperidine rings is 1. The van der Waals surface area contributed by atoms with Gasteiger partial charge in [-0.05, 0) is 81.1 Å². The highest BCUT2D eigenvalue weighted by atomic mass is 16.5. The molecule has 1 saturated heterocycles. The number of nitrogens with one attached hydrogen (secondary N) is 1. The van der Waals surface area contributed by atoms with Crippen molar-refractivity contribution in [1.29, 1.82) is 5.41 Å². The fourth-order valence-electron chi connectivity index (χ4n) is 3.79. The van der Waals surface area contributed by atoms with Gasteiger partial charge in [0.25, 0.3) is 5.91 Å². The zero-order valence-electron chi connectivity index (χ0n) is 18.4. The average molecular weight is 440 g/mol. The lowest BCUT2D eigenvalue weighted by Crippen LogP contribution is -2.38. The van der Waals surface area contributed by atoms with Crippen LogP contribution in [0.1, 0.15) is 41.6 Å². The Labute approximate surface area is 189 Å². The molecular formula is C24H33N5O3. The predicted molar refractivity (Wildman–Crippen MR) is 125 cm³/mol. The Morgan fingerprint density at radius 2 is 1.66 bits per heavy atom. The maximum Gasteiger partial charge on any atom is 0.254 e. The van der Waals surface area contributed by atoms with E-state index in [0.29, 0.717) is 54.0 Å². The van der Waals surface area contributed by atoms with Gasteiger partial charge in [0.05, 0.1) is 6.61 Å². The number of nitrogen functional groups attached to an aromatic ring is 1. The molecule has 1 amide bonds. The first-order chi connectivity index (χ1) is 15.5. The maximum absolute atomic E-state index is 13.2. The molecule has 0 bridgehead atoms. The van der Waals surface area contributed by atoms with E-state index in [1.54, 1.807) is 42.5 Å². The highest BCUT2D eigenvalue weighted by Gasteiger charge is 2.24. The molecule has 1 aliphatic rings. The molecule has 0 atom stereocenters. The minimum atomic E-state index is -0.0303. The number of amidine groups is 1. The van der Waals surface area contributed by atoms with Gasteiger partial charge in [-0.25, -0.2) is 0 Å². The summed E-state index contributed by atoms with van der Waals surface area (Å²) in [7, 11) is 0. The highest BCUT2D eigenvalue weighted by Crippen LogP contribution is 2.29. The van der Waals surface area contributed by atoms with Crippen LogP contribution in [-0.2, 0) is 0 Å². The molecule has 3 rings (SSSR count). The van der Waals surface area contributed by atoms with Gasteiger partial charge in [-0.2, -0.15) is 0 Å². The Hall–Kier alpha value is -3.10. The number of hydrogen-bond donors (Lipinski definition) is 4. The van der Waals surface area contributed by atoms with Crippen LogP contribution >= 0.6 is 0 Å². The fraction of sp³-hybridized carbons (Fsp3) is 0.417. The number of benzene rings is 2. The third kappa shape index (κ3) is 6.45. The standard InChI is InChI=1S/C24H33N5O3/c25-9-1-13-31-21-14-19(24(30)29-11-7-17(6-10-26)8-12-29)15-22(16-21)32-20-4-2-18(3-5-20)23(27)28/h2-5,14-17H,1,6-13,25-26H2,(H3,27,28). The van der Waals surface area contributed by atoms with Crippen molar-refractivity contribution in [1.82, 2.24) is 4.90 Å². The molecule has 0 unspecified atom stereocenters. The molecule has 1 aliphatic heterocycles. The van der Waals surface area contributed by atoms with E-state index < -0.39 is 0 Å². The van der Waals surface area contributed by atoms with E-state index in [-0.39, 0.29) is 11.7 Å². The number of carbonyl (C=O) groups excluding carboxylic acids is 1. The quantitative estimate of drug-likeness (QED) is 0.255. The SMILES string of the molecule is N=C(N)c1ccc(Oc2cc(OCCCN)cc(C(=O)N3CCC(CCN)CC3)c2)cc1. The van der Waals surface area contributed by atoms with E-state index in [9.17, 15) is 4.79 Å². The Kier molecular flexibility index (Phi) is 8.47. The number of amides is 1. The third-order valence-electron chi connectivity index (χ3n) is 5.62. The first kappa shape index (κ1) is 23.6.